The minimum absolute atomic E-state index is 0.0593. The van der Waals surface area contributed by atoms with Gasteiger partial charge in [0.2, 0.25) is 0 Å². The van der Waals surface area contributed by atoms with Crippen LogP contribution in [0.15, 0.2) is 36.5 Å². The van der Waals surface area contributed by atoms with E-state index in [2.05, 4.69) is 15.1 Å². The normalized spacial score (nSPS) is 23.9. The minimum Gasteiger partial charge on any atom is -0.461 e. The molecule has 15 heteroatoms. The number of carbonyl (C=O) groups excluding carboxylic acids is 1. The first-order chi connectivity index (χ1) is 27.2. The van der Waals surface area contributed by atoms with Gasteiger partial charge in [-0.3, -0.25) is 9.88 Å². The molecular weight excluding hydrogens is 738 g/mol. The van der Waals surface area contributed by atoms with Crippen LogP contribution in [0.5, 0.6) is 11.8 Å². The van der Waals surface area contributed by atoms with E-state index in [0.29, 0.717) is 68.1 Å². The summed E-state index contributed by atoms with van der Waals surface area (Å²) in [6.07, 6.45) is 9.78. The molecule has 56 heavy (non-hydrogen) atoms. The van der Waals surface area contributed by atoms with E-state index in [4.69, 9.17) is 33.3 Å². The number of aromatic nitrogens is 3. The molecule has 0 radical (unpaired) electrons. The topological polar surface area (TPSA) is 131 Å². The number of fused-ring (bicyclic) bond motifs is 7. The maximum Gasteiger partial charge on any atom is 0.407 e. The Morgan fingerprint density at radius 3 is 2.64 bits per heavy atom. The molecule has 0 aliphatic carbocycles. The average Bonchev–Trinajstić information content (AvgIpc) is 3.79. The van der Waals surface area contributed by atoms with Crippen molar-refractivity contribution < 1.29 is 31.8 Å². The third kappa shape index (κ3) is 7.16. The first-order valence-corrected chi connectivity index (χ1v) is 21.1. The standard InChI is InChI=1S/C41H50FN7O6S/c1-40-13-5-16-47(25-40)37-32-24-43-35(34(42)36(32)44-38(45-37)54-26-41-14-6-17-48(41)18-7-15-41)31-23-30(55-56(51)49-19-11-29(52-2)12-20-49)22-28-9-3-8-27(33(28)31)10-4-21-53-39(50)46-40/h3,8-9,22-24,29H,4-7,10-21,25-26H2,1-2H3,(H,46,50). The second-order valence-corrected chi connectivity index (χ2v) is 17.4. The van der Waals surface area contributed by atoms with Crippen molar-refractivity contribution in [3.63, 3.8) is 0 Å². The van der Waals surface area contributed by atoms with Gasteiger partial charge in [-0.2, -0.15) is 18.5 Å². The molecule has 1 amide bonds. The van der Waals surface area contributed by atoms with E-state index >= 15 is 4.39 Å². The number of anilines is 1. The number of rotatable bonds is 7. The van der Waals surface area contributed by atoms with E-state index in [0.717, 1.165) is 80.8 Å². The molecule has 2 aromatic carbocycles. The van der Waals surface area contributed by atoms with Crippen molar-refractivity contribution in [3.8, 4) is 23.0 Å². The lowest BCUT2D eigenvalue weighted by Crippen LogP contribution is -2.57. The van der Waals surface area contributed by atoms with E-state index < -0.39 is 28.7 Å². The van der Waals surface area contributed by atoms with Crippen LogP contribution < -0.4 is 19.1 Å². The van der Waals surface area contributed by atoms with Gasteiger partial charge in [0.25, 0.3) is 11.3 Å². The van der Waals surface area contributed by atoms with Crippen molar-refractivity contribution >= 4 is 44.9 Å². The summed E-state index contributed by atoms with van der Waals surface area (Å²) >= 11 is -1.78. The number of halogens is 1. The van der Waals surface area contributed by atoms with Crippen molar-refractivity contribution in [2.24, 2.45) is 0 Å². The lowest BCUT2D eigenvalue weighted by atomic mass is 9.91. The molecule has 2 aromatic heterocycles. The molecule has 4 aromatic rings. The maximum atomic E-state index is 17.6. The molecule has 8 heterocycles. The minimum atomic E-state index is -1.78. The Balaban J connectivity index is 1.17. The average molecular weight is 788 g/mol. The monoisotopic (exact) mass is 787 g/mol. The maximum absolute atomic E-state index is 17.6. The summed E-state index contributed by atoms with van der Waals surface area (Å²) in [6.45, 7) is 6.96. The van der Waals surface area contributed by atoms with Gasteiger partial charge >= 0.3 is 12.1 Å². The number of benzene rings is 2. The summed E-state index contributed by atoms with van der Waals surface area (Å²) in [6, 6.07) is 9.54. The highest BCUT2D eigenvalue weighted by Crippen LogP contribution is 2.42. The molecule has 6 aliphatic heterocycles. The first-order valence-electron chi connectivity index (χ1n) is 20.1. The lowest BCUT2D eigenvalue weighted by Gasteiger charge is -2.41. The number of hydrogen-bond acceptors (Lipinski definition) is 11. The fourth-order valence-electron chi connectivity index (χ4n) is 9.68. The van der Waals surface area contributed by atoms with Crippen molar-refractivity contribution in [3.05, 3.63) is 47.9 Å². The third-order valence-electron chi connectivity index (χ3n) is 12.6. The largest absolute Gasteiger partial charge is 0.461 e. The van der Waals surface area contributed by atoms with Gasteiger partial charge in [0.15, 0.2) is 5.82 Å². The summed E-state index contributed by atoms with van der Waals surface area (Å²) < 4.78 is 56.7. The number of piperidine rings is 2. The van der Waals surface area contributed by atoms with Crippen LogP contribution in [0.3, 0.4) is 0 Å². The number of amides is 1. The van der Waals surface area contributed by atoms with E-state index in [1.807, 2.05) is 31.2 Å². The van der Waals surface area contributed by atoms with Gasteiger partial charge in [0.05, 0.1) is 29.2 Å². The Kier molecular flexibility index (Phi) is 10.2. The molecule has 4 saturated heterocycles. The van der Waals surface area contributed by atoms with Crippen LogP contribution in [-0.2, 0) is 27.2 Å². The highest BCUT2D eigenvalue weighted by molar-refractivity contribution is 7.78. The molecule has 10 rings (SSSR count). The van der Waals surface area contributed by atoms with Gasteiger partial charge in [0.1, 0.15) is 29.4 Å². The van der Waals surface area contributed by atoms with Crippen LogP contribution in [0, 0.1) is 5.82 Å². The summed E-state index contributed by atoms with van der Waals surface area (Å²) in [5.74, 6) is 0.242. The molecule has 0 spiro atoms. The van der Waals surface area contributed by atoms with Crippen LogP contribution in [0.4, 0.5) is 15.0 Å². The Labute approximate surface area is 329 Å². The summed E-state index contributed by atoms with van der Waals surface area (Å²) in [7, 11) is 1.70. The number of nitrogens with one attached hydrogen (secondary N) is 1. The smallest absolute Gasteiger partial charge is 0.407 e. The summed E-state index contributed by atoms with van der Waals surface area (Å²) in [5.41, 5.74) is 0.951. The zero-order valence-electron chi connectivity index (χ0n) is 32.2. The van der Waals surface area contributed by atoms with E-state index in [-0.39, 0.29) is 35.5 Å². The van der Waals surface area contributed by atoms with Crippen LogP contribution in [0.1, 0.15) is 70.3 Å². The van der Waals surface area contributed by atoms with E-state index in [1.165, 1.54) is 0 Å². The first kappa shape index (κ1) is 37.4. The number of carbonyl (C=O) groups is 1. The molecule has 298 valence electrons. The fraction of sp³-hybridized carbons (Fsp3) is 0.561. The van der Waals surface area contributed by atoms with Crippen molar-refractivity contribution in [2.75, 3.05) is 64.5 Å². The quantitative estimate of drug-likeness (QED) is 0.234. The van der Waals surface area contributed by atoms with Crippen LogP contribution in [0.25, 0.3) is 32.9 Å². The van der Waals surface area contributed by atoms with Gasteiger partial charge in [-0.1, -0.05) is 18.2 Å². The molecule has 2 atom stereocenters. The zero-order valence-corrected chi connectivity index (χ0v) is 33.0. The fourth-order valence-corrected chi connectivity index (χ4v) is 10.6. The number of ether oxygens (including phenoxy) is 3. The molecule has 13 nitrogen and oxygen atoms in total. The number of aryl methyl sites for hydroxylation is 1. The third-order valence-corrected chi connectivity index (χ3v) is 13.7. The van der Waals surface area contributed by atoms with Gasteiger partial charge in [0, 0.05) is 45.0 Å². The molecule has 0 saturated carbocycles. The van der Waals surface area contributed by atoms with Crippen LogP contribution in [0.2, 0.25) is 0 Å². The van der Waals surface area contributed by atoms with Gasteiger partial charge in [-0.05, 0) is 113 Å². The Hall–Kier alpha value is -4.18. The second-order valence-electron chi connectivity index (χ2n) is 16.3. The van der Waals surface area contributed by atoms with Crippen molar-refractivity contribution in [1.29, 1.82) is 0 Å². The van der Waals surface area contributed by atoms with Gasteiger partial charge < -0.3 is 28.6 Å². The van der Waals surface area contributed by atoms with Crippen LogP contribution in [-0.4, -0.2) is 111 Å². The summed E-state index contributed by atoms with van der Waals surface area (Å²) in [5, 5.41) is 5.13. The molecule has 4 fully saturated rings. The number of pyridine rings is 1. The van der Waals surface area contributed by atoms with E-state index in [9.17, 15) is 9.00 Å². The number of nitrogens with zero attached hydrogens (tertiary/aromatic N) is 6. The second kappa shape index (κ2) is 15.3. The van der Waals surface area contributed by atoms with Gasteiger partial charge in [-0.15, -0.1) is 0 Å². The number of alkyl carbamates (subject to hydrolysis) is 1. The lowest BCUT2D eigenvalue weighted by molar-refractivity contribution is 0.0603. The van der Waals surface area contributed by atoms with E-state index in [1.54, 1.807) is 23.7 Å². The predicted octanol–water partition coefficient (Wildman–Crippen LogP) is 6.09. The molecular formula is C41H50FN7O6S. The SMILES string of the molecule is COC1CCN(S(=O)Oc2cc3c4c(cccc4c2)CCCOC(=O)NC2(C)CCCN(C2)c2nc(OCC45CCCN4CCC5)nc4c(F)c-3ncc24)CC1. The zero-order chi connectivity index (χ0) is 38.4. The molecule has 1 N–H and O–H groups in total. The van der Waals surface area contributed by atoms with Crippen molar-refractivity contribution in [2.45, 2.75) is 88.3 Å². The Morgan fingerprint density at radius 1 is 1.04 bits per heavy atom. The number of hydrogen-bond donors (Lipinski definition) is 1. The Bertz CT molecular complexity index is 2160. The van der Waals surface area contributed by atoms with Crippen LogP contribution >= 0.6 is 0 Å². The van der Waals surface area contributed by atoms with Crippen molar-refractivity contribution in [1.82, 2.24) is 29.5 Å². The highest BCUT2D eigenvalue weighted by Gasteiger charge is 2.45. The molecule has 6 aliphatic rings. The number of methoxy groups -OCH3 is 1. The molecule has 2 unspecified atom stereocenters. The predicted molar refractivity (Wildman–Crippen MR) is 212 cm³/mol. The molecule has 6 bridgehead atoms. The Morgan fingerprint density at radius 2 is 1.84 bits per heavy atom. The highest BCUT2D eigenvalue weighted by atomic mass is 32.2. The summed E-state index contributed by atoms with van der Waals surface area (Å²) in [4.78, 5) is 32.3. The van der Waals surface area contributed by atoms with Gasteiger partial charge in [-0.25, -0.2) is 9.18 Å².